The average Bonchev–Trinajstić information content (AvgIpc) is 2.73. The van der Waals surface area contributed by atoms with Gasteiger partial charge in [0.2, 0.25) is 0 Å². The van der Waals surface area contributed by atoms with Gasteiger partial charge in [0.05, 0.1) is 11.1 Å². The number of carboxylic acids is 1. The predicted octanol–water partition coefficient (Wildman–Crippen LogP) is 8.05. The van der Waals surface area contributed by atoms with Gasteiger partial charge in [-0.25, -0.2) is 9.59 Å². The first-order valence-electron chi connectivity index (χ1n) is 12.5. The first-order valence-corrected chi connectivity index (χ1v) is 12.5. The fourth-order valence-corrected chi connectivity index (χ4v) is 4.03. The van der Waals surface area contributed by atoms with Crippen molar-refractivity contribution < 1.29 is 19.4 Å². The molecule has 0 spiro atoms. The summed E-state index contributed by atoms with van der Waals surface area (Å²) >= 11 is 0. The highest BCUT2D eigenvalue weighted by Gasteiger charge is 2.21. The number of carbonyl (C=O) groups excluding carboxylic acids is 1. The smallest absolute Gasteiger partial charge is 0.339 e. The predicted molar refractivity (Wildman–Crippen MR) is 128 cm³/mol. The second-order valence-corrected chi connectivity index (χ2v) is 9.19. The lowest BCUT2D eigenvalue weighted by atomic mass is 9.99. The molecule has 0 saturated carbocycles. The molecule has 0 aliphatic carbocycles. The third kappa shape index (κ3) is 12.6. The Bertz CT molecular complexity index is 623. The maximum Gasteiger partial charge on any atom is 0.339 e. The number of hydrogen-bond donors (Lipinski definition) is 1. The average molecular weight is 433 g/mol. The molecule has 1 aromatic rings. The van der Waals surface area contributed by atoms with Gasteiger partial charge < -0.3 is 9.84 Å². The van der Waals surface area contributed by atoms with Crippen LogP contribution in [-0.2, 0) is 4.74 Å². The molecule has 0 bridgehead atoms. The monoisotopic (exact) mass is 432 g/mol. The summed E-state index contributed by atoms with van der Waals surface area (Å²) in [6, 6.07) is 6.27. The van der Waals surface area contributed by atoms with Crippen LogP contribution < -0.4 is 0 Å². The van der Waals surface area contributed by atoms with Crippen molar-refractivity contribution in [3.05, 3.63) is 35.4 Å². The lowest BCUT2D eigenvalue weighted by Gasteiger charge is -2.20. The van der Waals surface area contributed by atoms with Gasteiger partial charge in [0.1, 0.15) is 6.10 Å². The zero-order valence-electron chi connectivity index (χ0n) is 20.0. The molecule has 0 amide bonds. The number of aromatic carboxylic acids is 1. The molecule has 4 heteroatoms. The number of unbranched alkanes of at least 4 members (excludes halogenated alkanes) is 11. The maximum absolute atomic E-state index is 12.6. The molecule has 31 heavy (non-hydrogen) atoms. The standard InChI is InChI=1S/C27H44O4/c1-4-5-6-7-8-9-10-11-12-13-14-15-18-23(21-22(2)3)31-27(30)25-20-17-16-19-24(25)26(28)29/h16-17,19-20,22-23H,4-15,18,21H2,1-3H3,(H,28,29). The van der Waals surface area contributed by atoms with Crippen LogP contribution in [0.5, 0.6) is 0 Å². The van der Waals surface area contributed by atoms with Crippen LogP contribution in [-0.4, -0.2) is 23.1 Å². The van der Waals surface area contributed by atoms with Gasteiger partial charge in [0.15, 0.2) is 0 Å². The summed E-state index contributed by atoms with van der Waals surface area (Å²) in [6.07, 6.45) is 17.1. The highest BCUT2D eigenvalue weighted by atomic mass is 16.5. The summed E-state index contributed by atoms with van der Waals surface area (Å²) in [5, 5.41) is 9.31. The summed E-state index contributed by atoms with van der Waals surface area (Å²) in [4.78, 5) is 24.0. The highest BCUT2D eigenvalue weighted by Crippen LogP contribution is 2.20. The molecule has 1 aromatic carbocycles. The maximum atomic E-state index is 12.6. The van der Waals surface area contributed by atoms with Crippen LogP contribution in [0.25, 0.3) is 0 Å². The van der Waals surface area contributed by atoms with Crippen molar-refractivity contribution in [3.8, 4) is 0 Å². The largest absolute Gasteiger partial charge is 0.478 e. The van der Waals surface area contributed by atoms with Crippen molar-refractivity contribution in [2.24, 2.45) is 5.92 Å². The number of benzene rings is 1. The fourth-order valence-electron chi connectivity index (χ4n) is 4.03. The third-order valence-corrected chi connectivity index (χ3v) is 5.77. The van der Waals surface area contributed by atoms with Gasteiger partial charge in [-0.1, -0.05) is 104 Å². The van der Waals surface area contributed by atoms with Gasteiger partial charge in [-0.05, 0) is 37.3 Å². The summed E-state index contributed by atoms with van der Waals surface area (Å²) in [6.45, 7) is 6.50. The number of carboxylic acid groups (broad SMARTS) is 1. The third-order valence-electron chi connectivity index (χ3n) is 5.77. The minimum Gasteiger partial charge on any atom is -0.478 e. The number of carbonyl (C=O) groups is 2. The van der Waals surface area contributed by atoms with Crippen molar-refractivity contribution in [2.45, 2.75) is 117 Å². The SMILES string of the molecule is CCCCCCCCCCCCCCC(CC(C)C)OC(=O)c1ccccc1C(=O)O. The van der Waals surface area contributed by atoms with Crippen LogP contribution in [0.3, 0.4) is 0 Å². The number of ether oxygens (including phenoxy) is 1. The Kier molecular flexibility index (Phi) is 14.7. The molecule has 0 aromatic heterocycles. The Hall–Kier alpha value is -1.84. The van der Waals surface area contributed by atoms with E-state index in [-0.39, 0.29) is 17.2 Å². The van der Waals surface area contributed by atoms with Gasteiger partial charge >= 0.3 is 11.9 Å². The molecule has 176 valence electrons. The molecule has 1 N–H and O–H groups in total. The zero-order chi connectivity index (χ0) is 22.9. The molecular weight excluding hydrogens is 388 g/mol. The summed E-state index contributed by atoms with van der Waals surface area (Å²) in [7, 11) is 0. The second kappa shape index (κ2) is 16.8. The molecule has 0 heterocycles. The van der Waals surface area contributed by atoms with Crippen LogP contribution in [0.2, 0.25) is 0 Å². The van der Waals surface area contributed by atoms with E-state index in [9.17, 15) is 14.7 Å². The van der Waals surface area contributed by atoms with Crippen molar-refractivity contribution in [2.75, 3.05) is 0 Å². The number of esters is 1. The van der Waals surface area contributed by atoms with E-state index in [1.54, 1.807) is 12.1 Å². The molecule has 0 fully saturated rings. The molecule has 1 unspecified atom stereocenters. The highest BCUT2D eigenvalue weighted by molar-refractivity contribution is 6.02. The molecule has 0 aliphatic rings. The van der Waals surface area contributed by atoms with E-state index in [4.69, 9.17) is 4.74 Å². The Labute approximate surface area is 189 Å². The van der Waals surface area contributed by atoms with Crippen LogP contribution in [0.15, 0.2) is 24.3 Å². The number of hydrogen-bond acceptors (Lipinski definition) is 3. The summed E-state index contributed by atoms with van der Waals surface area (Å²) in [5.41, 5.74) is 0.139. The van der Waals surface area contributed by atoms with Crippen molar-refractivity contribution in [3.63, 3.8) is 0 Å². The number of rotatable bonds is 18. The summed E-state index contributed by atoms with van der Waals surface area (Å²) in [5.74, 6) is -1.21. The minimum absolute atomic E-state index is 0.00107. The van der Waals surface area contributed by atoms with Crippen molar-refractivity contribution in [1.29, 1.82) is 0 Å². The van der Waals surface area contributed by atoms with E-state index in [1.165, 1.54) is 76.3 Å². The Morgan fingerprint density at radius 1 is 0.806 bits per heavy atom. The lowest BCUT2D eigenvalue weighted by molar-refractivity contribution is 0.0220. The quantitative estimate of drug-likeness (QED) is 0.188. The van der Waals surface area contributed by atoms with E-state index in [1.807, 2.05) is 0 Å². The fraction of sp³-hybridized carbons (Fsp3) is 0.704. The van der Waals surface area contributed by atoms with Gasteiger partial charge in [0.25, 0.3) is 0 Å². The van der Waals surface area contributed by atoms with Crippen LogP contribution in [0.4, 0.5) is 0 Å². The first kappa shape index (κ1) is 27.2. The van der Waals surface area contributed by atoms with Crippen LogP contribution >= 0.6 is 0 Å². The normalized spacial score (nSPS) is 12.1. The molecular formula is C27H44O4. The Morgan fingerprint density at radius 3 is 1.77 bits per heavy atom. The summed E-state index contributed by atoms with van der Waals surface area (Å²) < 4.78 is 5.74. The first-order chi connectivity index (χ1) is 15.0. The topological polar surface area (TPSA) is 63.6 Å². The van der Waals surface area contributed by atoms with Gasteiger partial charge in [0, 0.05) is 0 Å². The van der Waals surface area contributed by atoms with Crippen molar-refractivity contribution in [1.82, 2.24) is 0 Å². The lowest BCUT2D eigenvalue weighted by Crippen LogP contribution is -2.22. The molecule has 1 rings (SSSR count). The molecule has 1 atom stereocenters. The Balaban J connectivity index is 2.29. The van der Waals surface area contributed by atoms with E-state index in [2.05, 4.69) is 20.8 Å². The van der Waals surface area contributed by atoms with Crippen LogP contribution in [0, 0.1) is 5.92 Å². The zero-order valence-corrected chi connectivity index (χ0v) is 20.0. The van der Waals surface area contributed by atoms with Crippen molar-refractivity contribution >= 4 is 11.9 Å². The molecule has 0 saturated heterocycles. The van der Waals surface area contributed by atoms with E-state index < -0.39 is 11.9 Å². The van der Waals surface area contributed by atoms with Crippen LogP contribution in [0.1, 0.15) is 131 Å². The molecule has 0 radical (unpaired) electrons. The Morgan fingerprint density at radius 2 is 1.29 bits per heavy atom. The van der Waals surface area contributed by atoms with Gasteiger partial charge in [-0.15, -0.1) is 0 Å². The molecule has 0 aliphatic heterocycles. The van der Waals surface area contributed by atoms with E-state index in [0.29, 0.717) is 5.92 Å². The second-order valence-electron chi connectivity index (χ2n) is 9.19. The van der Waals surface area contributed by atoms with Gasteiger partial charge in [-0.2, -0.15) is 0 Å². The molecule has 4 nitrogen and oxygen atoms in total. The minimum atomic E-state index is -1.10. The van der Waals surface area contributed by atoms with E-state index >= 15 is 0 Å². The van der Waals surface area contributed by atoms with Gasteiger partial charge in [-0.3, -0.25) is 0 Å². The van der Waals surface area contributed by atoms with E-state index in [0.717, 1.165) is 25.7 Å².